The van der Waals surface area contributed by atoms with Crippen LogP contribution < -0.4 is 5.32 Å². The van der Waals surface area contributed by atoms with E-state index in [-0.39, 0.29) is 30.7 Å². The van der Waals surface area contributed by atoms with E-state index >= 15 is 0 Å². The van der Waals surface area contributed by atoms with Gasteiger partial charge in [0.15, 0.2) is 11.6 Å². The molecular formula is C23H24F2N4O3. The van der Waals surface area contributed by atoms with Gasteiger partial charge in [0, 0.05) is 36.7 Å². The smallest absolute Gasteiger partial charge is 0.322 e. The predicted molar refractivity (Wildman–Crippen MR) is 113 cm³/mol. The van der Waals surface area contributed by atoms with E-state index in [9.17, 15) is 18.4 Å². The average molecular weight is 442 g/mol. The summed E-state index contributed by atoms with van der Waals surface area (Å²) in [4.78, 5) is 29.2. The van der Waals surface area contributed by atoms with Crippen LogP contribution >= 0.6 is 0 Å². The largest absolute Gasteiger partial charge is 0.467 e. The van der Waals surface area contributed by atoms with Crippen molar-refractivity contribution in [2.45, 2.75) is 32.0 Å². The minimum Gasteiger partial charge on any atom is -0.467 e. The zero-order valence-electron chi connectivity index (χ0n) is 17.6. The molecule has 9 heteroatoms. The number of carbonyl (C=O) groups is 2. The van der Waals surface area contributed by atoms with Crippen LogP contribution in [0.1, 0.15) is 24.3 Å². The minimum absolute atomic E-state index is 0.0651. The fourth-order valence-electron chi connectivity index (χ4n) is 3.45. The first-order chi connectivity index (χ1) is 15.4. The monoisotopic (exact) mass is 442 g/mol. The molecule has 0 atom stereocenters. The fraction of sp³-hybridized carbons (Fsp3) is 0.304. The van der Waals surface area contributed by atoms with E-state index in [0.29, 0.717) is 12.3 Å². The number of benzene rings is 1. The summed E-state index contributed by atoms with van der Waals surface area (Å²) in [7, 11) is 1.90. The van der Waals surface area contributed by atoms with Crippen molar-refractivity contribution in [1.29, 1.82) is 0 Å². The Hall–Kier alpha value is -3.62. The van der Waals surface area contributed by atoms with Crippen LogP contribution in [0.2, 0.25) is 0 Å². The molecule has 2 aromatic heterocycles. The molecule has 0 unspecified atom stereocenters. The van der Waals surface area contributed by atoms with Crippen LogP contribution in [0.15, 0.2) is 59.3 Å². The minimum atomic E-state index is -1.05. The number of aromatic nitrogens is 1. The van der Waals surface area contributed by atoms with Crippen molar-refractivity contribution >= 4 is 17.6 Å². The summed E-state index contributed by atoms with van der Waals surface area (Å²) < 4.78 is 34.0. The molecule has 0 saturated heterocycles. The van der Waals surface area contributed by atoms with Crippen molar-refractivity contribution < 1.29 is 22.8 Å². The molecule has 1 aliphatic carbocycles. The van der Waals surface area contributed by atoms with Crippen LogP contribution in [0.3, 0.4) is 0 Å². The standard InChI is InChI=1S/C23H24F2N4O3/c1-27-10-2-4-18(27)13-28(14-19-5-3-11-32-19)22(30)15-29(17-7-8-17)23(31)26-16-6-9-20(24)21(25)12-16/h2-6,9-12,17H,7-8,13-15H2,1H3,(H,26,31). The van der Waals surface area contributed by atoms with Crippen molar-refractivity contribution in [3.05, 3.63) is 78.0 Å². The van der Waals surface area contributed by atoms with E-state index in [1.54, 1.807) is 23.3 Å². The lowest BCUT2D eigenvalue weighted by Gasteiger charge is -2.27. The number of rotatable bonds is 8. The summed E-state index contributed by atoms with van der Waals surface area (Å²) in [5.41, 5.74) is 1.07. The molecule has 7 nitrogen and oxygen atoms in total. The molecule has 3 aromatic rings. The summed E-state index contributed by atoms with van der Waals surface area (Å²) in [5.74, 6) is -1.65. The number of amides is 3. The van der Waals surface area contributed by atoms with Crippen LogP contribution in [0.5, 0.6) is 0 Å². The molecule has 4 rings (SSSR count). The second-order valence-corrected chi connectivity index (χ2v) is 7.86. The molecule has 1 saturated carbocycles. The van der Waals surface area contributed by atoms with E-state index in [0.717, 1.165) is 30.7 Å². The van der Waals surface area contributed by atoms with Gasteiger partial charge in [-0.05, 0) is 49.2 Å². The summed E-state index contributed by atoms with van der Waals surface area (Å²) in [5, 5.41) is 2.56. The molecule has 0 aliphatic heterocycles. The highest BCUT2D eigenvalue weighted by Crippen LogP contribution is 2.28. The number of carbonyl (C=O) groups excluding carboxylic acids is 2. The molecule has 0 spiro atoms. The number of nitrogens with zero attached hydrogens (tertiary/aromatic N) is 3. The number of anilines is 1. The number of aryl methyl sites for hydroxylation is 1. The first-order valence-electron chi connectivity index (χ1n) is 10.3. The Morgan fingerprint density at radius 3 is 2.56 bits per heavy atom. The number of urea groups is 1. The van der Waals surface area contributed by atoms with Crippen molar-refractivity contribution in [1.82, 2.24) is 14.4 Å². The van der Waals surface area contributed by atoms with Gasteiger partial charge in [-0.2, -0.15) is 0 Å². The zero-order valence-corrected chi connectivity index (χ0v) is 17.6. The van der Waals surface area contributed by atoms with Gasteiger partial charge in [-0.15, -0.1) is 0 Å². The normalized spacial score (nSPS) is 13.1. The molecule has 3 amide bonds. The summed E-state index contributed by atoms with van der Waals surface area (Å²) >= 11 is 0. The first kappa shape index (κ1) is 21.6. The van der Waals surface area contributed by atoms with Crippen LogP contribution in [0.25, 0.3) is 0 Å². The molecule has 0 bridgehead atoms. The number of hydrogen-bond acceptors (Lipinski definition) is 3. The Balaban J connectivity index is 1.48. The maximum absolute atomic E-state index is 13.5. The lowest BCUT2D eigenvalue weighted by molar-refractivity contribution is -0.133. The van der Waals surface area contributed by atoms with Crippen LogP contribution in [-0.2, 0) is 24.9 Å². The molecule has 1 N–H and O–H groups in total. The van der Waals surface area contributed by atoms with E-state index in [2.05, 4.69) is 5.32 Å². The first-order valence-corrected chi connectivity index (χ1v) is 10.3. The molecule has 2 heterocycles. The van der Waals surface area contributed by atoms with Gasteiger partial charge in [0.05, 0.1) is 19.4 Å². The topological polar surface area (TPSA) is 70.7 Å². The van der Waals surface area contributed by atoms with E-state index in [4.69, 9.17) is 4.42 Å². The van der Waals surface area contributed by atoms with Gasteiger partial charge < -0.3 is 24.1 Å². The molecule has 1 fully saturated rings. The molecule has 1 aromatic carbocycles. The van der Waals surface area contributed by atoms with Gasteiger partial charge >= 0.3 is 6.03 Å². The third kappa shape index (κ3) is 5.16. The second kappa shape index (κ2) is 9.25. The molecule has 168 valence electrons. The van der Waals surface area contributed by atoms with Gasteiger partial charge in [0.2, 0.25) is 5.91 Å². The van der Waals surface area contributed by atoms with Gasteiger partial charge in [0.25, 0.3) is 0 Å². The Morgan fingerprint density at radius 2 is 1.94 bits per heavy atom. The van der Waals surface area contributed by atoms with Crippen LogP contribution in [0, 0.1) is 11.6 Å². The highest BCUT2D eigenvalue weighted by molar-refractivity contribution is 5.92. The number of halogens is 2. The average Bonchev–Trinajstić information content (AvgIpc) is 3.32. The quantitative estimate of drug-likeness (QED) is 0.571. The lowest BCUT2D eigenvalue weighted by atomic mass is 10.3. The maximum atomic E-state index is 13.5. The highest BCUT2D eigenvalue weighted by atomic mass is 19.2. The Morgan fingerprint density at radius 1 is 1.12 bits per heavy atom. The van der Waals surface area contributed by atoms with Gasteiger partial charge in [0.1, 0.15) is 12.3 Å². The summed E-state index contributed by atoms with van der Waals surface area (Å²) in [6, 6.07) is 9.93. The third-order valence-electron chi connectivity index (χ3n) is 5.41. The van der Waals surface area contributed by atoms with Gasteiger partial charge in [-0.1, -0.05) is 0 Å². The lowest BCUT2D eigenvalue weighted by Crippen LogP contribution is -2.45. The summed E-state index contributed by atoms with van der Waals surface area (Å²) in [6.07, 6.45) is 5.02. The predicted octanol–water partition coefficient (Wildman–Crippen LogP) is 4.12. The van der Waals surface area contributed by atoms with Crippen LogP contribution in [0.4, 0.5) is 19.3 Å². The zero-order chi connectivity index (χ0) is 22.7. The number of nitrogens with one attached hydrogen (secondary N) is 1. The van der Waals surface area contributed by atoms with Crippen molar-refractivity contribution in [2.24, 2.45) is 7.05 Å². The number of hydrogen-bond donors (Lipinski definition) is 1. The summed E-state index contributed by atoms with van der Waals surface area (Å²) in [6.45, 7) is 0.484. The van der Waals surface area contributed by atoms with E-state index in [1.807, 2.05) is 29.9 Å². The Bertz CT molecular complexity index is 1090. The third-order valence-corrected chi connectivity index (χ3v) is 5.41. The van der Waals surface area contributed by atoms with Gasteiger partial charge in [-0.3, -0.25) is 4.79 Å². The van der Waals surface area contributed by atoms with Crippen molar-refractivity contribution in [3.63, 3.8) is 0 Å². The highest BCUT2D eigenvalue weighted by Gasteiger charge is 2.35. The molecule has 0 radical (unpaired) electrons. The van der Waals surface area contributed by atoms with E-state index in [1.165, 1.54) is 11.0 Å². The van der Waals surface area contributed by atoms with E-state index < -0.39 is 17.7 Å². The maximum Gasteiger partial charge on any atom is 0.322 e. The molecular weight excluding hydrogens is 418 g/mol. The van der Waals surface area contributed by atoms with Crippen molar-refractivity contribution in [2.75, 3.05) is 11.9 Å². The SMILES string of the molecule is Cn1cccc1CN(Cc1ccco1)C(=O)CN(C(=O)Nc1ccc(F)c(F)c1)C1CC1. The van der Waals surface area contributed by atoms with Crippen LogP contribution in [-0.4, -0.2) is 38.9 Å². The Labute approximate surface area is 184 Å². The second-order valence-electron chi connectivity index (χ2n) is 7.86. The van der Waals surface area contributed by atoms with Gasteiger partial charge in [-0.25, -0.2) is 13.6 Å². The van der Waals surface area contributed by atoms with Crippen molar-refractivity contribution in [3.8, 4) is 0 Å². The Kier molecular flexibility index (Phi) is 6.25. The number of furan rings is 1. The molecule has 1 aliphatic rings. The fourth-order valence-corrected chi connectivity index (χ4v) is 3.45. The molecule has 32 heavy (non-hydrogen) atoms.